The summed E-state index contributed by atoms with van der Waals surface area (Å²) in [5, 5.41) is 12.2. The fourth-order valence-electron chi connectivity index (χ4n) is 3.36. The maximum atomic E-state index is 12.5. The first kappa shape index (κ1) is 20.3. The van der Waals surface area contributed by atoms with Crippen molar-refractivity contribution in [2.45, 2.75) is 19.3 Å². The lowest BCUT2D eigenvalue weighted by Crippen LogP contribution is -2.29. The standard InChI is InChI=1S/C23H25N3O3/c1-28-21-11-8-19(15-22(21)29-2)25-23(27)18(16-24)14-17-6-9-20(10-7-17)26-12-4-3-5-13-26/h6-11,14-15H,3-5,12-13H2,1-2H3,(H,25,27)/b18-14+. The van der Waals surface area contributed by atoms with Crippen LogP contribution in [0.15, 0.2) is 48.0 Å². The zero-order valence-corrected chi connectivity index (χ0v) is 16.8. The number of amides is 1. The quantitative estimate of drug-likeness (QED) is 0.589. The van der Waals surface area contributed by atoms with E-state index in [1.807, 2.05) is 30.3 Å². The third kappa shape index (κ3) is 5.08. The fraction of sp³-hybridized carbons (Fsp3) is 0.304. The molecule has 150 valence electrons. The molecule has 1 aliphatic rings. The van der Waals surface area contributed by atoms with E-state index in [0.717, 1.165) is 18.7 Å². The molecule has 1 amide bonds. The Balaban J connectivity index is 1.72. The van der Waals surface area contributed by atoms with E-state index in [-0.39, 0.29) is 5.57 Å². The maximum Gasteiger partial charge on any atom is 0.266 e. The molecular weight excluding hydrogens is 366 g/mol. The van der Waals surface area contributed by atoms with Crippen molar-refractivity contribution in [1.82, 2.24) is 0 Å². The van der Waals surface area contributed by atoms with E-state index in [1.54, 1.807) is 31.4 Å². The monoisotopic (exact) mass is 391 g/mol. The van der Waals surface area contributed by atoms with Gasteiger partial charge in [0.25, 0.3) is 5.91 Å². The summed E-state index contributed by atoms with van der Waals surface area (Å²) in [6.07, 6.45) is 5.32. The molecule has 1 saturated heterocycles. The summed E-state index contributed by atoms with van der Waals surface area (Å²) in [7, 11) is 3.07. The summed E-state index contributed by atoms with van der Waals surface area (Å²) in [5.74, 6) is 0.594. The third-order valence-electron chi connectivity index (χ3n) is 4.93. The Bertz CT molecular complexity index is 923. The lowest BCUT2D eigenvalue weighted by Gasteiger charge is -2.28. The van der Waals surface area contributed by atoms with Crippen LogP contribution in [-0.4, -0.2) is 33.2 Å². The minimum atomic E-state index is -0.472. The molecular formula is C23H25N3O3. The van der Waals surface area contributed by atoms with Gasteiger partial charge >= 0.3 is 0 Å². The molecule has 3 rings (SSSR count). The molecule has 6 nitrogen and oxygen atoms in total. The number of ether oxygens (including phenoxy) is 2. The highest BCUT2D eigenvalue weighted by molar-refractivity contribution is 6.09. The molecule has 0 radical (unpaired) electrons. The minimum absolute atomic E-state index is 0.0329. The first-order valence-electron chi connectivity index (χ1n) is 9.65. The number of carbonyl (C=O) groups excluding carboxylic acids is 1. The Morgan fingerprint density at radius 1 is 1.03 bits per heavy atom. The van der Waals surface area contributed by atoms with Gasteiger partial charge in [0.1, 0.15) is 11.6 Å². The molecule has 2 aromatic rings. The van der Waals surface area contributed by atoms with Gasteiger partial charge in [0, 0.05) is 30.5 Å². The summed E-state index contributed by atoms with van der Waals surface area (Å²) >= 11 is 0. The molecule has 0 atom stereocenters. The predicted molar refractivity (Wildman–Crippen MR) is 114 cm³/mol. The van der Waals surface area contributed by atoms with E-state index in [0.29, 0.717) is 17.2 Å². The third-order valence-corrected chi connectivity index (χ3v) is 4.93. The Labute approximate surface area is 171 Å². The molecule has 29 heavy (non-hydrogen) atoms. The van der Waals surface area contributed by atoms with Crippen LogP contribution in [0, 0.1) is 11.3 Å². The van der Waals surface area contributed by atoms with Crippen molar-refractivity contribution in [2.24, 2.45) is 0 Å². The molecule has 0 aromatic heterocycles. The van der Waals surface area contributed by atoms with Gasteiger partial charge in [-0.2, -0.15) is 5.26 Å². The molecule has 1 N–H and O–H groups in total. The van der Waals surface area contributed by atoms with Crippen LogP contribution in [0.2, 0.25) is 0 Å². The van der Waals surface area contributed by atoms with E-state index in [2.05, 4.69) is 10.2 Å². The van der Waals surface area contributed by atoms with Gasteiger partial charge in [0.05, 0.1) is 14.2 Å². The second-order valence-electron chi connectivity index (χ2n) is 6.83. The highest BCUT2D eigenvalue weighted by Crippen LogP contribution is 2.30. The number of nitrogens with zero attached hydrogens (tertiary/aromatic N) is 2. The number of anilines is 2. The number of nitrogens with one attached hydrogen (secondary N) is 1. The number of benzene rings is 2. The summed E-state index contributed by atoms with van der Waals surface area (Å²) in [4.78, 5) is 14.9. The summed E-state index contributed by atoms with van der Waals surface area (Å²) in [6.45, 7) is 2.15. The largest absolute Gasteiger partial charge is 0.493 e. The first-order valence-corrected chi connectivity index (χ1v) is 9.65. The van der Waals surface area contributed by atoms with Crippen LogP contribution in [0.25, 0.3) is 6.08 Å². The van der Waals surface area contributed by atoms with Gasteiger partial charge in [-0.15, -0.1) is 0 Å². The number of carbonyl (C=O) groups is 1. The molecule has 6 heteroatoms. The van der Waals surface area contributed by atoms with Crippen molar-refractivity contribution < 1.29 is 14.3 Å². The average Bonchev–Trinajstić information content (AvgIpc) is 2.78. The van der Waals surface area contributed by atoms with Gasteiger partial charge in [-0.05, 0) is 55.2 Å². The van der Waals surface area contributed by atoms with Gasteiger partial charge in [0.15, 0.2) is 11.5 Å². The molecule has 0 aliphatic carbocycles. The Morgan fingerprint density at radius 3 is 2.34 bits per heavy atom. The zero-order valence-electron chi connectivity index (χ0n) is 16.8. The summed E-state index contributed by atoms with van der Waals surface area (Å²) in [6, 6.07) is 15.0. The van der Waals surface area contributed by atoms with Crippen LogP contribution in [0.1, 0.15) is 24.8 Å². The second-order valence-corrected chi connectivity index (χ2v) is 6.83. The van der Waals surface area contributed by atoms with E-state index in [1.165, 1.54) is 32.1 Å². The molecule has 2 aromatic carbocycles. The molecule has 0 bridgehead atoms. The van der Waals surface area contributed by atoms with E-state index < -0.39 is 5.91 Å². The SMILES string of the molecule is COc1ccc(NC(=O)/C(C#N)=C/c2ccc(N3CCCCC3)cc2)cc1OC. The van der Waals surface area contributed by atoms with Crippen molar-refractivity contribution >= 4 is 23.4 Å². The molecule has 1 fully saturated rings. The van der Waals surface area contributed by atoms with Crippen LogP contribution in [-0.2, 0) is 4.79 Å². The Hall–Kier alpha value is -3.46. The van der Waals surface area contributed by atoms with Crippen LogP contribution in [0.3, 0.4) is 0 Å². The lowest BCUT2D eigenvalue weighted by molar-refractivity contribution is -0.112. The van der Waals surface area contributed by atoms with Crippen molar-refractivity contribution in [3.63, 3.8) is 0 Å². The van der Waals surface area contributed by atoms with Crippen LogP contribution >= 0.6 is 0 Å². The van der Waals surface area contributed by atoms with Gasteiger partial charge in [-0.25, -0.2) is 0 Å². The Kier molecular flexibility index (Phi) is 6.75. The van der Waals surface area contributed by atoms with E-state index in [9.17, 15) is 10.1 Å². The molecule has 0 unspecified atom stereocenters. The maximum absolute atomic E-state index is 12.5. The van der Waals surface area contributed by atoms with Crippen LogP contribution in [0.4, 0.5) is 11.4 Å². The summed E-state index contributed by atoms with van der Waals surface area (Å²) < 4.78 is 10.4. The van der Waals surface area contributed by atoms with Gasteiger partial charge in [-0.3, -0.25) is 4.79 Å². The predicted octanol–water partition coefficient (Wildman–Crippen LogP) is 4.24. The lowest BCUT2D eigenvalue weighted by atomic mass is 10.1. The van der Waals surface area contributed by atoms with E-state index >= 15 is 0 Å². The summed E-state index contributed by atoms with van der Waals surface area (Å²) in [5.41, 5.74) is 2.54. The topological polar surface area (TPSA) is 74.6 Å². The van der Waals surface area contributed by atoms with E-state index in [4.69, 9.17) is 9.47 Å². The zero-order chi connectivity index (χ0) is 20.6. The van der Waals surface area contributed by atoms with Gasteiger partial charge in [0.2, 0.25) is 0 Å². The van der Waals surface area contributed by atoms with Crippen LogP contribution < -0.4 is 19.7 Å². The van der Waals surface area contributed by atoms with Crippen molar-refractivity contribution in [2.75, 3.05) is 37.5 Å². The van der Waals surface area contributed by atoms with Crippen molar-refractivity contribution in [3.8, 4) is 17.6 Å². The van der Waals surface area contributed by atoms with Gasteiger partial charge < -0.3 is 19.7 Å². The van der Waals surface area contributed by atoms with Crippen LogP contribution in [0.5, 0.6) is 11.5 Å². The molecule has 0 saturated carbocycles. The number of rotatable bonds is 6. The first-order chi connectivity index (χ1) is 14.1. The molecule has 1 aliphatic heterocycles. The number of piperidine rings is 1. The van der Waals surface area contributed by atoms with Crippen molar-refractivity contribution in [1.29, 1.82) is 5.26 Å². The number of methoxy groups -OCH3 is 2. The number of hydrogen-bond acceptors (Lipinski definition) is 5. The average molecular weight is 391 g/mol. The normalized spacial score (nSPS) is 14.1. The van der Waals surface area contributed by atoms with Gasteiger partial charge in [-0.1, -0.05) is 12.1 Å². The Morgan fingerprint density at radius 2 is 1.72 bits per heavy atom. The second kappa shape index (κ2) is 9.65. The van der Waals surface area contributed by atoms with Crippen molar-refractivity contribution in [3.05, 3.63) is 53.6 Å². The highest BCUT2D eigenvalue weighted by atomic mass is 16.5. The smallest absolute Gasteiger partial charge is 0.266 e. The minimum Gasteiger partial charge on any atom is -0.493 e. The number of nitriles is 1. The fourth-order valence-corrected chi connectivity index (χ4v) is 3.36. The number of hydrogen-bond donors (Lipinski definition) is 1. The molecule has 1 heterocycles. The molecule has 0 spiro atoms. The highest BCUT2D eigenvalue weighted by Gasteiger charge is 2.13.